The Labute approximate surface area is 114 Å². The van der Waals surface area contributed by atoms with E-state index in [0.29, 0.717) is 18.8 Å². The van der Waals surface area contributed by atoms with Gasteiger partial charge in [-0.3, -0.25) is 0 Å². The maximum absolute atomic E-state index is 12.6. The van der Waals surface area contributed by atoms with Crippen LogP contribution >= 0.6 is 0 Å². The van der Waals surface area contributed by atoms with Crippen LogP contribution in [0, 0.1) is 5.92 Å². The molecule has 4 nitrogen and oxygen atoms in total. The summed E-state index contributed by atoms with van der Waals surface area (Å²) in [6.45, 7) is 0. The average Bonchev–Trinajstić information content (AvgIpc) is 2.80. The molecule has 1 aliphatic rings. The molecule has 1 N–H and O–H groups in total. The number of hydrogen-bond donors (Lipinski definition) is 1. The van der Waals surface area contributed by atoms with Crippen molar-refractivity contribution in [2.24, 2.45) is 5.92 Å². The van der Waals surface area contributed by atoms with Crippen LogP contribution in [0.4, 0.5) is 19.1 Å². The summed E-state index contributed by atoms with van der Waals surface area (Å²) >= 11 is 0. The van der Waals surface area contributed by atoms with Gasteiger partial charge in [0.2, 0.25) is 5.95 Å². The van der Waals surface area contributed by atoms with Crippen LogP contribution in [0.2, 0.25) is 0 Å². The molecular formula is C13H15F3N4. The predicted molar refractivity (Wildman–Crippen MR) is 68.4 cm³/mol. The number of hydrogen-bond acceptors (Lipinski definition) is 3. The molecule has 0 unspecified atom stereocenters. The fourth-order valence-electron chi connectivity index (χ4n) is 2.64. The molecule has 1 fully saturated rings. The van der Waals surface area contributed by atoms with Crippen LogP contribution < -0.4 is 5.32 Å². The van der Waals surface area contributed by atoms with E-state index in [1.807, 2.05) is 18.2 Å². The van der Waals surface area contributed by atoms with Gasteiger partial charge in [-0.15, -0.1) is 5.10 Å². The second-order valence-corrected chi connectivity index (χ2v) is 5.17. The lowest BCUT2D eigenvalue weighted by atomic mass is 9.86. The molecule has 3 rings (SSSR count). The van der Waals surface area contributed by atoms with E-state index in [0.717, 1.165) is 5.65 Å². The summed E-state index contributed by atoms with van der Waals surface area (Å²) in [6, 6.07) is 5.56. The van der Waals surface area contributed by atoms with Crippen molar-refractivity contribution in [3.05, 3.63) is 24.4 Å². The Morgan fingerprint density at radius 2 is 1.90 bits per heavy atom. The molecule has 0 amide bonds. The van der Waals surface area contributed by atoms with Gasteiger partial charge in [-0.25, -0.2) is 4.52 Å². The molecule has 0 spiro atoms. The van der Waals surface area contributed by atoms with E-state index in [9.17, 15) is 13.2 Å². The smallest absolute Gasteiger partial charge is 0.350 e. The first-order valence-electron chi connectivity index (χ1n) is 6.67. The summed E-state index contributed by atoms with van der Waals surface area (Å²) in [4.78, 5) is 4.29. The molecule has 0 saturated heterocycles. The summed E-state index contributed by atoms with van der Waals surface area (Å²) in [7, 11) is 0. The number of anilines is 1. The molecule has 0 atom stereocenters. The van der Waals surface area contributed by atoms with E-state index < -0.39 is 12.1 Å². The Kier molecular flexibility index (Phi) is 3.27. The molecule has 0 bridgehead atoms. The normalized spacial score (nSPS) is 23.9. The van der Waals surface area contributed by atoms with Crippen molar-refractivity contribution in [1.82, 2.24) is 14.6 Å². The van der Waals surface area contributed by atoms with E-state index in [1.165, 1.54) is 0 Å². The van der Waals surface area contributed by atoms with Crippen molar-refractivity contribution in [2.75, 3.05) is 5.32 Å². The number of aromatic nitrogens is 3. The number of alkyl halides is 3. The van der Waals surface area contributed by atoms with Gasteiger partial charge in [-0.05, 0) is 37.8 Å². The highest BCUT2D eigenvalue weighted by atomic mass is 19.4. The standard InChI is InChI=1S/C13H15F3N4/c14-13(15,16)9-4-6-10(7-5-9)17-12-18-11-3-1-2-8-20(11)19-12/h1-3,8-10H,4-7H2,(H,17,19). The predicted octanol–water partition coefficient (Wildman–Crippen LogP) is 3.26. The molecule has 0 aliphatic heterocycles. The first kappa shape index (κ1) is 13.2. The third-order valence-electron chi connectivity index (χ3n) is 3.76. The molecule has 0 radical (unpaired) electrons. The van der Waals surface area contributed by atoms with Crippen LogP contribution in [0.5, 0.6) is 0 Å². The maximum Gasteiger partial charge on any atom is 0.391 e. The van der Waals surface area contributed by atoms with Crippen molar-refractivity contribution in [1.29, 1.82) is 0 Å². The molecule has 1 saturated carbocycles. The minimum Gasteiger partial charge on any atom is -0.350 e. The largest absolute Gasteiger partial charge is 0.391 e. The fraction of sp³-hybridized carbons (Fsp3) is 0.538. The summed E-state index contributed by atoms with van der Waals surface area (Å²) in [6.07, 6.45) is -0.928. The van der Waals surface area contributed by atoms with Crippen LogP contribution in [0.15, 0.2) is 24.4 Å². The lowest BCUT2D eigenvalue weighted by Crippen LogP contribution is -2.33. The first-order valence-corrected chi connectivity index (χ1v) is 6.67. The highest BCUT2D eigenvalue weighted by Gasteiger charge is 2.41. The zero-order valence-corrected chi connectivity index (χ0v) is 10.8. The summed E-state index contributed by atoms with van der Waals surface area (Å²) in [5.74, 6) is -0.679. The SMILES string of the molecule is FC(F)(F)C1CCC(Nc2nc3ccccn3n2)CC1. The molecule has 1 aliphatic carbocycles. The lowest BCUT2D eigenvalue weighted by Gasteiger charge is -2.29. The Balaban J connectivity index is 1.62. The van der Waals surface area contributed by atoms with Crippen LogP contribution in [-0.2, 0) is 0 Å². The molecule has 108 valence electrons. The third kappa shape index (κ3) is 2.71. The number of nitrogens with zero attached hydrogens (tertiary/aromatic N) is 3. The van der Waals surface area contributed by atoms with Gasteiger partial charge in [-0.1, -0.05) is 6.07 Å². The minimum absolute atomic E-state index is 0.0195. The highest BCUT2D eigenvalue weighted by molar-refractivity contribution is 5.43. The summed E-state index contributed by atoms with van der Waals surface area (Å²) < 4.78 is 39.4. The Bertz CT molecular complexity index is 552. The van der Waals surface area contributed by atoms with Crippen molar-refractivity contribution >= 4 is 11.6 Å². The van der Waals surface area contributed by atoms with Crippen molar-refractivity contribution in [2.45, 2.75) is 37.9 Å². The van der Waals surface area contributed by atoms with E-state index >= 15 is 0 Å². The monoisotopic (exact) mass is 284 g/mol. The highest BCUT2D eigenvalue weighted by Crippen LogP contribution is 2.37. The summed E-state index contributed by atoms with van der Waals surface area (Å²) in [5, 5.41) is 7.38. The number of nitrogens with one attached hydrogen (secondary N) is 1. The van der Waals surface area contributed by atoms with E-state index in [2.05, 4.69) is 15.4 Å². The van der Waals surface area contributed by atoms with Crippen molar-refractivity contribution in [3.63, 3.8) is 0 Å². The first-order chi connectivity index (χ1) is 9.52. The van der Waals surface area contributed by atoms with Gasteiger partial charge in [-0.2, -0.15) is 18.2 Å². The van der Waals surface area contributed by atoms with Crippen molar-refractivity contribution < 1.29 is 13.2 Å². The Hall–Kier alpha value is -1.79. The van der Waals surface area contributed by atoms with Crippen molar-refractivity contribution in [3.8, 4) is 0 Å². The zero-order chi connectivity index (χ0) is 14.2. The Morgan fingerprint density at radius 1 is 1.15 bits per heavy atom. The molecular weight excluding hydrogens is 269 g/mol. The number of fused-ring (bicyclic) bond motifs is 1. The molecule has 7 heteroatoms. The fourth-order valence-corrected chi connectivity index (χ4v) is 2.64. The minimum atomic E-state index is -4.06. The number of pyridine rings is 1. The summed E-state index contributed by atoms with van der Waals surface area (Å²) in [5.41, 5.74) is 0.721. The third-order valence-corrected chi connectivity index (χ3v) is 3.76. The molecule has 0 aromatic carbocycles. The Morgan fingerprint density at radius 3 is 2.55 bits per heavy atom. The zero-order valence-electron chi connectivity index (χ0n) is 10.8. The molecule has 2 heterocycles. The van der Waals surface area contributed by atoms with E-state index in [1.54, 1.807) is 10.7 Å². The topological polar surface area (TPSA) is 42.2 Å². The second kappa shape index (κ2) is 4.96. The van der Waals surface area contributed by atoms with Gasteiger partial charge in [0, 0.05) is 12.2 Å². The van der Waals surface area contributed by atoms with E-state index in [4.69, 9.17) is 0 Å². The van der Waals surface area contributed by atoms with Crippen LogP contribution in [0.25, 0.3) is 5.65 Å². The maximum atomic E-state index is 12.6. The van der Waals surface area contributed by atoms with Gasteiger partial charge in [0.1, 0.15) is 0 Å². The lowest BCUT2D eigenvalue weighted by molar-refractivity contribution is -0.182. The van der Waals surface area contributed by atoms with Gasteiger partial charge < -0.3 is 5.32 Å². The quantitative estimate of drug-likeness (QED) is 0.920. The van der Waals surface area contributed by atoms with Crippen LogP contribution in [0.3, 0.4) is 0 Å². The van der Waals surface area contributed by atoms with Gasteiger partial charge >= 0.3 is 6.18 Å². The van der Waals surface area contributed by atoms with E-state index in [-0.39, 0.29) is 18.9 Å². The number of rotatable bonds is 2. The van der Waals surface area contributed by atoms with Gasteiger partial charge in [0.25, 0.3) is 0 Å². The molecule has 20 heavy (non-hydrogen) atoms. The van der Waals surface area contributed by atoms with Crippen LogP contribution in [0.1, 0.15) is 25.7 Å². The van der Waals surface area contributed by atoms with Gasteiger partial charge in [0.05, 0.1) is 5.92 Å². The van der Waals surface area contributed by atoms with Crippen LogP contribution in [-0.4, -0.2) is 26.8 Å². The van der Waals surface area contributed by atoms with Gasteiger partial charge in [0.15, 0.2) is 5.65 Å². The molecule has 2 aromatic rings. The second-order valence-electron chi connectivity index (χ2n) is 5.17. The average molecular weight is 284 g/mol. The number of halogens is 3. The molecule has 2 aromatic heterocycles.